The minimum Gasteiger partial charge on any atom is -0.354 e. The minimum atomic E-state index is 0.556. The van der Waals surface area contributed by atoms with Gasteiger partial charge >= 0.3 is 0 Å². The zero-order valence-electron chi connectivity index (χ0n) is 7.85. The molecule has 0 spiro atoms. The van der Waals surface area contributed by atoms with E-state index in [2.05, 4.69) is 41.1 Å². The van der Waals surface area contributed by atoms with Crippen molar-refractivity contribution in [2.45, 2.75) is 19.5 Å². The average Bonchev–Trinajstić information content (AvgIpc) is 2.54. The Morgan fingerprint density at radius 3 is 2.77 bits per heavy atom. The molecule has 1 atom stereocenters. The van der Waals surface area contributed by atoms with Crippen LogP contribution in [0.4, 0.5) is 0 Å². The molecule has 0 saturated carbocycles. The highest BCUT2D eigenvalue weighted by atomic mass is 15.2. The van der Waals surface area contributed by atoms with E-state index < -0.39 is 0 Å². The van der Waals surface area contributed by atoms with Crippen molar-refractivity contribution in [2.24, 2.45) is 4.99 Å². The van der Waals surface area contributed by atoms with Gasteiger partial charge in [0.1, 0.15) is 0 Å². The van der Waals surface area contributed by atoms with Crippen LogP contribution in [0.2, 0.25) is 0 Å². The lowest BCUT2D eigenvalue weighted by atomic mass is 10.2. The molecular formula is C11H14N2. The van der Waals surface area contributed by atoms with Crippen molar-refractivity contribution in [1.82, 2.24) is 4.90 Å². The molecule has 0 N–H and O–H groups in total. The first kappa shape index (κ1) is 8.30. The van der Waals surface area contributed by atoms with Crippen LogP contribution in [0.5, 0.6) is 0 Å². The number of nitrogens with zero attached hydrogens (tertiary/aromatic N) is 2. The molecule has 2 rings (SSSR count). The standard InChI is InChI=1S/C11H14N2/c1-10-7-12-9-13(10)8-11-5-3-2-4-6-11/h2-6,9-10H,7-8H2,1H3. The van der Waals surface area contributed by atoms with Crippen molar-refractivity contribution in [3.63, 3.8) is 0 Å². The van der Waals surface area contributed by atoms with E-state index in [1.165, 1.54) is 5.56 Å². The summed E-state index contributed by atoms with van der Waals surface area (Å²) in [7, 11) is 0. The van der Waals surface area contributed by atoms with Crippen LogP contribution in [-0.2, 0) is 6.54 Å². The van der Waals surface area contributed by atoms with Crippen LogP contribution in [0.25, 0.3) is 0 Å². The first-order valence-electron chi connectivity index (χ1n) is 4.66. The molecule has 1 aromatic carbocycles. The molecule has 2 nitrogen and oxygen atoms in total. The fourth-order valence-electron chi connectivity index (χ4n) is 1.51. The predicted octanol–water partition coefficient (Wildman–Crippen LogP) is 1.92. The van der Waals surface area contributed by atoms with E-state index in [-0.39, 0.29) is 0 Å². The van der Waals surface area contributed by atoms with Crippen molar-refractivity contribution in [1.29, 1.82) is 0 Å². The molecule has 1 unspecified atom stereocenters. The van der Waals surface area contributed by atoms with Gasteiger partial charge in [-0.2, -0.15) is 0 Å². The van der Waals surface area contributed by atoms with E-state index in [1.807, 2.05) is 12.4 Å². The maximum Gasteiger partial charge on any atom is 0.0856 e. The van der Waals surface area contributed by atoms with Gasteiger partial charge in [-0.3, -0.25) is 4.99 Å². The summed E-state index contributed by atoms with van der Waals surface area (Å²) in [6.45, 7) is 4.12. The fraction of sp³-hybridized carbons (Fsp3) is 0.364. The number of hydrogen-bond donors (Lipinski definition) is 0. The van der Waals surface area contributed by atoms with Crippen molar-refractivity contribution in [3.05, 3.63) is 35.9 Å². The Labute approximate surface area is 78.9 Å². The molecule has 68 valence electrons. The second-order valence-corrected chi connectivity index (χ2v) is 3.49. The monoisotopic (exact) mass is 174 g/mol. The summed E-state index contributed by atoms with van der Waals surface area (Å²) < 4.78 is 0. The van der Waals surface area contributed by atoms with E-state index in [0.717, 1.165) is 13.1 Å². The molecule has 13 heavy (non-hydrogen) atoms. The second kappa shape index (κ2) is 3.60. The topological polar surface area (TPSA) is 15.6 Å². The molecular weight excluding hydrogens is 160 g/mol. The van der Waals surface area contributed by atoms with Crippen LogP contribution in [0.15, 0.2) is 35.3 Å². The molecule has 1 aliphatic heterocycles. The van der Waals surface area contributed by atoms with Crippen LogP contribution in [-0.4, -0.2) is 23.8 Å². The van der Waals surface area contributed by atoms with Crippen molar-refractivity contribution < 1.29 is 0 Å². The van der Waals surface area contributed by atoms with Crippen LogP contribution in [0.1, 0.15) is 12.5 Å². The van der Waals surface area contributed by atoms with Gasteiger partial charge in [-0.25, -0.2) is 0 Å². The zero-order chi connectivity index (χ0) is 9.10. The lowest BCUT2D eigenvalue weighted by Crippen LogP contribution is -2.27. The molecule has 0 aliphatic carbocycles. The molecule has 1 aliphatic rings. The summed E-state index contributed by atoms with van der Waals surface area (Å²) >= 11 is 0. The maximum atomic E-state index is 4.24. The van der Waals surface area contributed by atoms with Gasteiger partial charge in [0.25, 0.3) is 0 Å². The van der Waals surface area contributed by atoms with Crippen LogP contribution in [0.3, 0.4) is 0 Å². The molecule has 2 heteroatoms. The summed E-state index contributed by atoms with van der Waals surface area (Å²) in [5.41, 5.74) is 1.35. The van der Waals surface area contributed by atoms with Gasteiger partial charge in [-0.05, 0) is 12.5 Å². The van der Waals surface area contributed by atoms with Gasteiger partial charge in [0.15, 0.2) is 0 Å². The summed E-state index contributed by atoms with van der Waals surface area (Å²) in [6.07, 6.45) is 1.96. The molecule has 0 radical (unpaired) electrons. The first-order chi connectivity index (χ1) is 6.36. The van der Waals surface area contributed by atoms with Crippen molar-refractivity contribution in [2.75, 3.05) is 6.54 Å². The molecule has 0 aromatic heterocycles. The highest BCUT2D eigenvalue weighted by Crippen LogP contribution is 2.09. The Bertz CT molecular complexity index is 292. The number of aliphatic imine (C=N–C) groups is 1. The van der Waals surface area contributed by atoms with Gasteiger partial charge in [-0.15, -0.1) is 0 Å². The van der Waals surface area contributed by atoms with E-state index in [1.54, 1.807) is 0 Å². The fourth-order valence-corrected chi connectivity index (χ4v) is 1.51. The zero-order valence-corrected chi connectivity index (χ0v) is 7.85. The first-order valence-corrected chi connectivity index (χ1v) is 4.66. The number of hydrogen-bond acceptors (Lipinski definition) is 2. The summed E-state index contributed by atoms with van der Waals surface area (Å²) in [6, 6.07) is 11.1. The lowest BCUT2D eigenvalue weighted by Gasteiger charge is -2.20. The lowest BCUT2D eigenvalue weighted by molar-refractivity contribution is 0.365. The summed E-state index contributed by atoms with van der Waals surface area (Å²) in [5, 5.41) is 0. The molecule has 0 amide bonds. The highest BCUT2D eigenvalue weighted by Gasteiger charge is 2.14. The normalized spacial score (nSPS) is 21.0. The molecule has 0 bridgehead atoms. The Morgan fingerprint density at radius 2 is 2.15 bits per heavy atom. The SMILES string of the molecule is CC1CN=CN1Cc1ccccc1. The quantitative estimate of drug-likeness (QED) is 0.668. The van der Waals surface area contributed by atoms with Gasteiger partial charge < -0.3 is 4.90 Å². The van der Waals surface area contributed by atoms with Crippen molar-refractivity contribution in [3.8, 4) is 0 Å². The number of benzene rings is 1. The Balaban J connectivity index is 2.02. The van der Waals surface area contributed by atoms with Crippen molar-refractivity contribution >= 4 is 6.34 Å². The van der Waals surface area contributed by atoms with Gasteiger partial charge in [0.05, 0.1) is 12.9 Å². The predicted molar refractivity (Wildman–Crippen MR) is 54.8 cm³/mol. The average molecular weight is 174 g/mol. The second-order valence-electron chi connectivity index (χ2n) is 3.49. The van der Waals surface area contributed by atoms with E-state index in [9.17, 15) is 0 Å². The highest BCUT2D eigenvalue weighted by molar-refractivity contribution is 5.58. The van der Waals surface area contributed by atoms with Crippen LogP contribution < -0.4 is 0 Å². The molecule has 0 fully saturated rings. The van der Waals surface area contributed by atoms with Crippen LogP contribution in [0, 0.1) is 0 Å². The third-order valence-corrected chi connectivity index (χ3v) is 2.37. The van der Waals surface area contributed by atoms with Gasteiger partial charge in [-0.1, -0.05) is 30.3 Å². The molecule has 1 heterocycles. The third kappa shape index (κ3) is 1.89. The van der Waals surface area contributed by atoms with Gasteiger partial charge in [0, 0.05) is 12.6 Å². The van der Waals surface area contributed by atoms with E-state index in [0.29, 0.717) is 6.04 Å². The third-order valence-electron chi connectivity index (χ3n) is 2.37. The van der Waals surface area contributed by atoms with Crippen LogP contribution >= 0.6 is 0 Å². The largest absolute Gasteiger partial charge is 0.354 e. The Hall–Kier alpha value is -1.31. The Morgan fingerprint density at radius 1 is 1.38 bits per heavy atom. The van der Waals surface area contributed by atoms with E-state index >= 15 is 0 Å². The Kier molecular flexibility index (Phi) is 2.30. The smallest absolute Gasteiger partial charge is 0.0856 e. The summed E-state index contributed by atoms with van der Waals surface area (Å²) in [4.78, 5) is 6.52. The maximum absolute atomic E-state index is 4.24. The molecule has 1 aromatic rings. The number of rotatable bonds is 2. The van der Waals surface area contributed by atoms with Gasteiger partial charge in [0.2, 0.25) is 0 Å². The minimum absolute atomic E-state index is 0.556. The van der Waals surface area contributed by atoms with E-state index in [4.69, 9.17) is 0 Å². The molecule has 0 saturated heterocycles. The summed E-state index contributed by atoms with van der Waals surface area (Å²) in [5.74, 6) is 0.